The van der Waals surface area contributed by atoms with Crippen molar-refractivity contribution in [1.82, 2.24) is 0 Å². The zero-order valence-corrected chi connectivity index (χ0v) is 7.54. The van der Waals surface area contributed by atoms with Crippen LogP contribution in [0.15, 0.2) is 6.07 Å². The van der Waals surface area contributed by atoms with Crippen LogP contribution in [-0.4, -0.2) is 16.8 Å². The molecule has 0 saturated carbocycles. The molecule has 1 rings (SSSR count). The van der Waals surface area contributed by atoms with Gasteiger partial charge in [0, 0.05) is 18.4 Å². The van der Waals surface area contributed by atoms with Gasteiger partial charge >= 0.3 is 0 Å². The molecular weight excluding hydrogens is 168 g/mol. The number of aliphatic hydroxyl groups excluding tert-OH is 1. The highest BCUT2D eigenvalue weighted by molar-refractivity contribution is 5.68. The van der Waals surface area contributed by atoms with E-state index in [1.165, 1.54) is 6.07 Å². The molecule has 0 radical (unpaired) electrons. The molecule has 1 aromatic rings. The van der Waals surface area contributed by atoms with Crippen molar-refractivity contribution >= 4 is 11.4 Å². The van der Waals surface area contributed by atoms with Crippen molar-refractivity contribution in [3.63, 3.8) is 0 Å². The minimum atomic E-state index is -0.00307. The second-order valence-electron chi connectivity index (χ2n) is 2.98. The van der Waals surface area contributed by atoms with Crippen LogP contribution >= 0.6 is 0 Å². The molecule has 4 nitrogen and oxygen atoms in total. The predicted molar refractivity (Wildman–Crippen MR) is 52.5 cm³/mol. The molecule has 0 spiro atoms. The van der Waals surface area contributed by atoms with Crippen molar-refractivity contribution in [2.75, 3.05) is 18.1 Å². The summed E-state index contributed by atoms with van der Waals surface area (Å²) in [6.07, 6.45) is 0.460. The summed E-state index contributed by atoms with van der Waals surface area (Å²) < 4.78 is 0. The molecule has 0 aliphatic carbocycles. The summed E-state index contributed by atoms with van der Waals surface area (Å²) in [6.45, 7) is 1.80. The van der Waals surface area contributed by atoms with Crippen LogP contribution in [0.5, 0.6) is 5.75 Å². The maximum Gasteiger partial charge on any atom is 0.140 e. The number of rotatable bonds is 2. The molecule has 0 saturated heterocycles. The number of aliphatic hydroxyl groups is 1. The van der Waals surface area contributed by atoms with E-state index in [1.54, 1.807) is 6.92 Å². The van der Waals surface area contributed by atoms with Crippen molar-refractivity contribution < 1.29 is 10.2 Å². The van der Waals surface area contributed by atoms with E-state index >= 15 is 0 Å². The molecule has 0 atom stereocenters. The van der Waals surface area contributed by atoms with Gasteiger partial charge in [-0.05, 0) is 24.5 Å². The Morgan fingerprint density at radius 2 is 2.00 bits per heavy atom. The first kappa shape index (κ1) is 9.67. The summed E-state index contributed by atoms with van der Waals surface area (Å²) in [6, 6.07) is 1.41. The lowest BCUT2D eigenvalue weighted by Gasteiger charge is -2.12. The zero-order valence-electron chi connectivity index (χ0n) is 7.54. The fourth-order valence-corrected chi connectivity index (χ4v) is 1.33. The third kappa shape index (κ3) is 1.67. The van der Waals surface area contributed by atoms with Crippen LogP contribution in [0.25, 0.3) is 0 Å². The minimum Gasteiger partial charge on any atom is -0.506 e. The van der Waals surface area contributed by atoms with Gasteiger partial charge in [0.05, 0.1) is 5.69 Å². The fraction of sp³-hybridized carbons (Fsp3) is 0.333. The number of benzene rings is 1. The Bertz CT molecular complexity index is 324. The number of aromatic hydroxyl groups is 1. The molecule has 72 valence electrons. The molecule has 13 heavy (non-hydrogen) atoms. The van der Waals surface area contributed by atoms with Crippen molar-refractivity contribution in [2.45, 2.75) is 13.3 Å². The second kappa shape index (κ2) is 3.53. The molecule has 6 N–H and O–H groups in total. The quantitative estimate of drug-likeness (QED) is 0.393. The van der Waals surface area contributed by atoms with E-state index in [1.807, 2.05) is 0 Å². The average Bonchev–Trinajstić information content (AvgIpc) is 2.09. The molecule has 0 aliphatic rings. The number of anilines is 2. The van der Waals surface area contributed by atoms with Gasteiger partial charge in [-0.3, -0.25) is 0 Å². The van der Waals surface area contributed by atoms with Gasteiger partial charge in [-0.25, -0.2) is 0 Å². The van der Waals surface area contributed by atoms with Gasteiger partial charge in [-0.15, -0.1) is 0 Å². The van der Waals surface area contributed by atoms with Crippen LogP contribution in [0.2, 0.25) is 0 Å². The summed E-state index contributed by atoms with van der Waals surface area (Å²) in [4.78, 5) is 0. The number of hydrogen-bond acceptors (Lipinski definition) is 4. The minimum absolute atomic E-state index is 0.00307. The van der Waals surface area contributed by atoms with Crippen LogP contribution in [0.1, 0.15) is 11.1 Å². The number of nitrogens with two attached hydrogens (primary N) is 2. The van der Waals surface area contributed by atoms with Crippen molar-refractivity contribution in [1.29, 1.82) is 0 Å². The smallest absolute Gasteiger partial charge is 0.140 e. The Labute approximate surface area is 76.8 Å². The molecule has 0 heterocycles. The molecule has 0 aromatic heterocycles. The summed E-state index contributed by atoms with van der Waals surface area (Å²) in [5.41, 5.74) is 13.6. The van der Waals surface area contributed by atoms with Gasteiger partial charge < -0.3 is 21.7 Å². The highest BCUT2D eigenvalue weighted by atomic mass is 16.3. The van der Waals surface area contributed by atoms with Crippen LogP contribution in [0.3, 0.4) is 0 Å². The van der Waals surface area contributed by atoms with Gasteiger partial charge in [0.1, 0.15) is 5.75 Å². The molecular formula is C9H14N2O2. The Kier molecular flexibility index (Phi) is 2.63. The first-order valence-electron chi connectivity index (χ1n) is 4.05. The Morgan fingerprint density at radius 1 is 1.38 bits per heavy atom. The van der Waals surface area contributed by atoms with E-state index in [0.29, 0.717) is 17.8 Å². The predicted octanol–water partition coefficient (Wildman–Crippen LogP) is 0.400. The summed E-state index contributed by atoms with van der Waals surface area (Å²) in [5.74, 6) is -0.00307. The van der Waals surface area contributed by atoms with E-state index in [2.05, 4.69) is 0 Å². The number of phenols is 1. The first-order valence-corrected chi connectivity index (χ1v) is 4.05. The Morgan fingerprint density at radius 3 is 2.54 bits per heavy atom. The fourth-order valence-electron chi connectivity index (χ4n) is 1.33. The Balaban J connectivity index is 3.26. The maximum absolute atomic E-state index is 9.31. The Hall–Kier alpha value is -1.42. The second-order valence-corrected chi connectivity index (χ2v) is 2.98. The zero-order chi connectivity index (χ0) is 10.0. The number of hydrogen-bond donors (Lipinski definition) is 4. The largest absolute Gasteiger partial charge is 0.506 e. The number of nitrogen functional groups attached to an aromatic ring is 2. The lowest BCUT2D eigenvalue weighted by Crippen LogP contribution is -2.03. The van der Waals surface area contributed by atoms with Crippen LogP contribution in [0, 0.1) is 6.92 Å². The van der Waals surface area contributed by atoms with Crippen molar-refractivity contribution in [3.05, 3.63) is 17.2 Å². The van der Waals surface area contributed by atoms with Crippen LogP contribution < -0.4 is 11.5 Å². The molecule has 1 aromatic carbocycles. The molecule has 0 aliphatic heterocycles. The van der Waals surface area contributed by atoms with E-state index in [-0.39, 0.29) is 12.4 Å². The van der Waals surface area contributed by atoms with Crippen LogP contribution in [-0.2, 0) is 6.42 Å². The van der Waals surface area contributed by atoms with E-state index in [0.717, 1.165) is 11.1 Å². The first-order chi connectivity index (χ1) is 6.07. The van der Waals surface area contributed by atoms with Gasteiger partial charge in [0.25, 0.3) is 0 Å². The lowest BCUT2D eigenvalue weighted by molar-refractivity contribution is 0.299. The highest BCUT2D eigenvalue weighted by Crippen LogP contribution is 2.31. The highest BCUT2D eigenvalue weighted by Gasteiger charge is 2.09. The third-order valence-electron chi connectivity index (χ3n) is 2.14. The standard InChI is InChI=1S/C9H14N2O2/c1-5-6(2-3-12)7(10)4-8(13)9(5)11/h4,12-13H,2-3,10-11H2,1H3. The van der Waals surface area contributed by atoms with Gasteiger partial charge in [-0.1, -0.05) is 0 Å². The SMILES string of the molecule is Cc1c(N)c(O)cc(N)c1CCO. The van der Waals surface area contributed by atoms with E-state index in [4.69, 9.17) is 16.6 Å². The maximum atomic E-state index is 9.31. The summed E-state index contributed by atoms with van der Waals surface area (Å²) in [5, 5.41) is 18.1. The average molecular weight is 182 g/mol. The molecule has 0 fully saturated rings. The molecule has 4 heteroatoms. The summed E-state index contributed by atoms with van der Waals surface area (Å²) >= 11 is 0. The normalized spacial score (nSPS) is 10.3. The van der Waals surface area contributed by atoms with Crippen molar-refractivity contribution in [3.8, 4) is 5.75 Å². The van der Waals surface area contributed by atoms with Gasteiger partial charge in [0.2, 0.25) is 0 Å². The molecule has 0 unspecified atom stereocenters. The van der Waals surface area contributed by atoms with Crippen LogP contribution in [0.4, 0.5) is 11.4 Å². The van der Waals surface area contributed by atoms with Gasteiger partial charge in [-0.2, -0.15) is 0 Å². The number of phenolic OH excluding ortho intramolecular Hbond substituents is 1. The molecule has 0 amide bonds. The van der Waals surface area contributed by atoms with E-state index < -0.39 is 0 Å². The van der Waals surface area contributed by atoms with E-state index in [9.17, 15) is 5.11 Å². The monoisotopic (exact) mass is 182 g/mol. The van der Waals surface area contributed by atoms with Crippen molar-refractivity contribution in [2.24, 2.45) is 0 Å². The lowest BCUT2D eigenvalue weighted by atomic mass is 10.0. The third-order valence-corrected chi connectivity index (χ3v) is 2.14. The topological polar surface area (TPSA) is 92.5 Å². The summed E-state index contributed by atoms with van der Waals surface area (Å²) in [7, 11) is 0. The van der Waals surface area contributed by atoms with Gasteiger partial charge in [0.15, 0.2) is 0 Å². The molecule has 0 bridgehead atoms.